The average molecular weight is 944 g/mol. The van der Waals surface area contributed by atoms with Crippen molar-refractivity contribution in [3.8, 4) is 11.5 Å². The van der Waals surface area contributed by atoms with Gasteiger partial charge in [0.15, 0.2) is 0 Å². The molecule has 5 aromatic rings. The van der Waals surface area contributed by atoms with Gasteiger partial charge < -0.3 is 19.5 Å². The molecule has 3 aromatic carbocycles. The second kappa shape index (κ2) is 19.3. The molecule has 0 atom stereocenters. The lowest BCUT2D eigenvalue weighted by atomic mass is 9.72. The third kappa shape index (κ3) is 11.0. The highest BCUT2D eigenvalue weighted by Gasteiger charge is 2.31. The number of pyridine rings is 1. The van der Waals surface area contributed by atoms with E-state index in [0.29, 0.717) is 60.9 Å². The molecule has 4 heterocycles. The number of nitrogens with zero attached hydrogens (tertiary/aromatic N) is 6. The number of aryl methyl sites for hydroxylation is 1. The summed E-state index contributed by atoms with van der Waals surface area (Å²) in [4.78, 5) is 39.5. The first-order valence-corrected chi connectivity index (χ1v) is 25.7. The summed E-state index contributed by atoms with van der Waals surface area (Å²) in [7, 11) is -5.14. The van der Waals surface area contributed by atoms with E-state index < -0.39 is 35.5 Å². The highest BCUT2D eigenvalue weighted by atomic mass is 35.5. The first kappa shape index (κ1) is 46.2. The van der Waals surface area contributed by atoms with E-state index in [-0.39, 0.29) is 22.4 Å². The SMILES string of the molecule is CN=S1(=O)CCN(CCCc2ccc(S(=O)(=O)NC(=O)c3ccc(N4CCN(CC5=C(c6ccc(Cl)cc6)CC(C)(C)CC5)CC4)cc3Oc3cnc4[nH]ccc4c3)cc2[N+](=O)[O-])CC1. The van der Waals surface area contributed by atoms with E-state index >= 15 is 0 Å². The molecule has 2 aliphatic heterocycles. The topological polar surface area (TPSA) is 183 Å². The normalized spacial score (nSPS) is 18.1. The van der Waals surface area contributed by atoms with Crippen molar-refractivity contribution in [2.75, 3.05) is 75.8 Å². The zero-order chi connectivity index (χ0) is 45.9. The van der Waals surface area contributed by atoms with Gasteiger partial charge in [0.1, 0.15) is 17.1 Å². The van der Waals surface area contributed by atoms with Gasteiger partial charge in [-0.3, -0.25) is 19.8 Å². The first-order valence-electron chi connectivity index (χ1n) is 21.9. The molecule has 344 valence electrons. The Morgan fingerprint density at radius 3 is 2.48 bits per heavy atom. The van der Waals surface area contributed by atoms with Crippen molar-refractivity contribution in [1.82, 2.24) is 24.5 Å². The predicted molar refractivity (Wildman–Crippen MR) is 256 cm³/mol. The minimum atomic E-state index is -4.57. The number of H-pyrrole nitrogens is 1. The Kier molecular flexibility index (Phi) is 13.7. The van der Waals surface area contributed by atoms with Crippen LogP contribution in [0.5, 0.6) is 11.5 Å². The summed E-state index contributed by atoms with van der Waals surface area (Å²) in [6.45, 7) is 10.5. The van der Waals surface area contributed by atoms with Crippen molar-refractivity contribution in [2.45, 2.75) is 50.8 Å². The summed E-state index contributed by atoms with van der Waals surface area (Å²) in [5.41, 5.74) is 5.76. The molecule has 65 heavy (non-hydrogen) atoms. The molecule has 1 amide bonds. The van der Waals surface area contributed by atoms with Crippen molar-refractivity contribution in [3.05, 3.63) is 123 Å². The number of sulfonamides is 1. The van der Waals surface area contributed by atoms with Crippen LogP contribution in [-0.2, 0) is 26.2 Å². The van der Waals surface area contributed by atoms with Crippen LogP contribution in [0.3, 0.4) is 0 Å². The quantitative estimate of drug-likeness (QED) is 0.0809. The summed E-state index contributed by atoms with van der Waals surface area (Å²) in [6.07, 6.45) is 7.38. The lowest BCUT2D eigenvalue weighted by Gasteiger charge is -2.39. The zero-order valence-corrected chi connectivity index (χ0v) is 39.3. The number of benzene rings is 3. The molecule has 0 saturated carbocycles. The number of halogens is 1. The van der Waals surface area contributed by atoms with Crippen LogP contribution in [0.1, 0.15) is 61.0 Å². The molecule has 15 nitrogen and oxygen atoms in total. The van der Waals surface area contributed by atoms with Crippen LogP contribution in [0.4, 0.5) is 11.4 Å². The van der Waals surface area contributed by atoms with Crippen LogP contribution in [-0.4, -0.2) is 114 Å². The van der Waals surface area contributed by atoms with Crippen LogP contribution < -0.4 is 14.4 Å². The van der Waals surface area contributed by atoms with Crippen molar-refractivity contribution in [3.63, 3.8) is 0 Å². The molecule has 2 N–H and O–H groups in total. The highest BCUT2D eigenvalue weighted by Crippen LogP contribution is 2.43. The summed E-state index contributed by atoms with van der Waals surface area (Å²) >= 11 is 6.24. The number of ether oxygens (including phenoxy) is 1. The fourth-order valence-electron chi connectivity index (χ4n) is 8.96. The van der Waals surface area contributed by atoms with Gasteiger partial charge in [0, 0.05) is 114 Å². The molecular weight excluding hydrogens is 888 g/mol. The lowest BCUT2D eigenvalue weighted by Crippen LogP contribution is -2.47. The number of anilines is 1. The molecule has 0 bridgehead atoms. The number of nitrogens with one attached hydrogen (secondary N) is 2. The molecule has 18 heteroatoms. The summed E-state index contributed by atoms with van der Waals surface area (Å²) in [5.74, 6) is 0.491. The standard InChI is InChI=1S/C47H55ClN8O7S2/c1-47(2)16-14-36(42(30-47)33-6-9-37(48)10-7-33)32-54-19-21-55(22-20-54)38-11-13-41(44(28-38)63-39-27-35-15-17-50-45(35)51-31-39)46(57)52-65(61,62)40-12-8-34(43(29-40)56(58)59)5-4-18-53-23-25-64(60,49-3)26-24-53/h6-13,15,17,27-29,31H,4-5,14,16,18-26,30,32H2,1-3H3,(H,50,51)(H,52,57). The number of nitro groups is 1. The molecule has 3 aliphatic rings. The Labute approximate surface area is 385 Å². The van der Waals surface area contributed by atoms with Crippen LogP contribution in [0.25, 0.3) is 16.6 Å². The van der Waals surface area contributed by atoms with E-state index in [1.165, 1.54) is 35.0 Å². The van der Waals surface area contributed by atoms with E-state index in [1.807, 2.05) is 18.2 Å². The van der Waals surface area contributed by atoms with Gasteiger partial charge in [0.25, 0.3) is 21.6 Å². The number of rotatable bonds is 14. The van der Waals surface area contributed by atoms with Crippen LogP contribution in [0.2, 0.25) is 5.02 Å². The predicted octanol–water partition coefficient (Wildman–Crippen LogP) is 8.17. The van der Waals surface area contributed by atoms with E-state index in [2.05, 4.69) is 59.7 Å². The van der Waals surface area contributed by atoms with Crippen LogP contribution in [0, 0.1) is 15.5 Å². The smallest absolute Gasteiger partial charge is 0.273 e. The van der Waals surface area contributed by atoms with Gasteiger partial charge in [-0.15, -0.1) is 0 Å². The third-order valence-corrected chi connectivity index (χ3v) is 16.7. The first-order chi connectivity index (χ1) is 31.1. The molecule has 2 saturated heterocycles. The second-order valence-electron chi connectivity index (χ2n) is 17.9. The molecule has 0 radical (unpaired) electrons. The zero-order valence-electron chi connectivity index (χ0n) is 36.9. The number of amides is 1. The number of piperazine rings is 1. The number of carbonyl (C=O) groups is 1. The second-order valence-corrected chi connectivity index (χ2v) is 22.7. The van der Waals surface area contributed by atoms with Gasteiger partial charge in [-0.1, -0.05) is 49.2 Å². The van der Waals surface area contributed by atoms with Crippen molar-refractivity contribution in [1.29, 1.82) is 0 Å². The summed E-state index contributed by atoms with van der Waals surface area (Å²) in [6, 6.07) is 20.5. The third-order valence-electron chi connectivity index (χ3n) is 12.8. The fraction of sp³-hybridized carbons (Fsp3) is 0.404. The number of aromatic amines is 1. The van der Waals surface area contributed by atoms with E-state index in [4.69, 9.17) is 16.3 Å². The Bertz CT molecular complexity index is 2850. The van der Waals surface area contributed by atoms with E-state index in [9.17, 15) is 27.5 Å². The summed E-state index contributed by atoms with van der Waals surface area (Å²) in [5, 5.41) is 13.7. The molecular formula is C47H55ClN8O7S2. The Hall–Kier alpha value is -5.33. The van der Waals surface area contributed by atoms with Gasteiger partial charge in [0.2, 0.25) is 0 Å². The summed E-state index contributed by atoms with van der Waals surface area (Å²) < 4.78 is 52.6. The number of hydrogen-bond donors (Lipinski definition) is 2. The Balaban J connectivity index is 0.977. The number of hydrogen-bond acceptors (Lipinski definition) is 12. The van der Waals surface area contributed by atoms with Crippen LogP contribution >= 0.6 is 11.6 Å². The minimum absolute atomic E-state index is 0.0423. The average Bonchev–Trinajstić information content (AvgIpc) is 3.76. The minimum Gasteiger partial charge on any atom is -0.455 e. The van der Waals surface area contributed by atoms with Crippen LogP contribution in [0.15, 0.2) is 100 Å². The van der Waals surface area contributed by atoms with Gasteiger partial charge in [-0.05, 0) is 97.7 Å². The molecule has 8 rings (SSSR count). The maximum absolute atomic E-state index is 14.0. The monoisotopic (exact) mass is 942 g/mol. The fourth-order valence-corrected chi connectivity index (χ4v) is 11.7. The van der Waals surface area contributed by atoms with Crippen molar-refractivity contribution < 1.29 is 27.1 Å². The van der Waals surface area contributed by atoms with Gasteiger partial charge >= 0.3 is 0 Å². The van der Waals surface area contributed by atoms with E-state index in [1.54, 1.807) is 37.5 Å². The van der Waals surface area contributed by atoms with Gasteiger partial charge in [-0.2, -0.15) is 0 Å². The molecule has 0 unspecified atom stereocenters. The maximum Gasteiger partial charge on any atom is 0.273 e. The maximum atomic E-state index is 14.0. The number of nitro benzene ring substituents is 1. The molecule has 2 fully saturated rings. The lowest BCUT2D eigenvalue weighted by molar-refractivity contribution is -0.385. The number of aromatic nitrogens is 2. The Morgan fingerprint density at radius 2 is 1.75 bits per heavy atom. The number of allylic oxidation sites excluding steroid dienone is 1. The van der Waals surface area contributed by atoms with E-state index in [0.717, 1.165) is 74.1 Å². The van der Waals surface area contributed by atoms with Gasteiger partial charge in [0.05, 0.1) is 21.6 Å². The van der Waals surface area contributed by atoms with Gasteiger partial charge in [-0.25, -0.2) is 26.7 Å². The molecule has 2 aromatic heterocycles. The Morgan fingerprint density at radius 1 is 1.00 bits per heavy atom. The highest BCUT2D eigenvalue weighted by molar-refractivity contribution is 7.93. The number of fused-ring (bicyclic) bond motifs is 1. The number of carbonyl (C=O) groups excluding carboxylic acids is 1. The largest absolute Gasteiger partial charge is 0.455 e. The van der Waals surface area contributed by atoms with Crippen molar-refractivity contribution in [2.24, 2.45) is 9.78 Å². The van der Waals surface area contributed by atoms with Crippen molar-refractivity contribution >= 4 is 65.2 Å². The molecule has 0 spiro atoms. The molecule has 1 aliphatic carbocycles.